The van der Waals surface area contributed by atoms with Crippen LogP contribution in [-0.4, -0.2) is 29.3 Å². The summed E-state index contributed by atoms with van der Waals surface area (Å²) in [7, 11) is 0. The van der Waals surface area contributed by atoms with Crippen molar-refractivity contribution in [2.75, 3.05) is 0 Å². The number of carbonyl (C=O) groups excluding carboxylic acids is 1. The average Bonchev–Trinajstić information content (AvgIpc) is 2.33. The largest absolute Gasteiger partial charge is 0.446 e. The first-order chi connectivity index (χ1) is 9.82. The lowest BCUT2D eigenvalue weighted by Gasteiger charge is -2.41. The Morgan fingerprint density at radius 2 is 1.86 bits per heavy atom. The molecule has 0 unspecified atom stereocenters. The van der Waals surface area contributed by atoms with Gasteiger partial charge in [-0.2, -0.15) is 5.26 Å². The van der Waals surface area contributed by atoms with Crippen LogP contribution in [0.1, 0.15) is 65.7 Å². The van der Waals surface area contributed by atoms with Crippen molar-refractivity contribution in [2.24, 2.45) is 0 Å². The summed E-state index contributed by atoms with van der Waals surface area (Å²) in [6.07, 6.45) is 6.44. The summed E-state index contributed by atoms with van der Waals surface area (Å²) in [6, 6.07) is 2.81. The molecule has 0 radical (unpaired) electrons. The minimum absolute atomic E-state index is 0.00447. The Kier molecular flexibility index (Phi) is 4.77. The van der Waals surface area contributed by atoms with Crippen LogP contribution in [0.3, 0.4) is 0 Å². The third kappa shape index (κ3) is 4.60. The smallest absolute Gasteiger partial charge is 0.407 e. The molecule has 0 aromatic heterocycles. The van der Waals surface area contributed by atoms with Crippen molar-refractivity contribution < 1.29 is 9.53 Å². The number of amides is 1. The summed E-state index contributed by atoms with van der Waals surface area (Å²) in [5.74, 6) is 0. The van der Waals surface area contributed by atoms with Gasteiger partial charge >= 0.3 is 6.09 Å². The van der Waals surface area contributed by atoms with E-state index in [1.807, 2.05) is 20.8 Å². The van der Waals surface area contributed by atoms with E-state index in [-0.39, 0.29) is 23.3 Å². The summed E-state index contributed by atoms with van der Waals surface area (Å²) in [5.41, 5.74) is -0.540. The van der Waals surface area contributed by atoms with Gasteiger partial charge in [-0.3, -0.25) is 5.32 Å². The molecule has 0 heterocycles. The first-order valence-electron chi connectivity index (χ1n) is 8.00. The van der Waals surface area contributed by atoms with E-state index in [4.69, 9.17) is 4.74 Å². The maximum Gasteiger partial charge on any atom is 0.407 e. The molecule has 0 saturated heterocycles. The van der Waals surface area contributed by atoms with E-state index in [2.05, 4.69) is 16.7 Å². The molecule has 0 spiro atoms. The lowest BCUT2D eigenvalue weighted by Crippen LogP contribution is -2.55. The van der Waals surface area contributed by atoms with Gasteiger partial charge in [0.15, 0.2) is 0 Å². The van der Waals surface area contributed by atoms with Crippen LogP contribution in [0.2, 0.25) is 0 Å². The number of hydrogen-bond acceptors (Lipinski definition) is 4. The lowest BCUT2D eigenvalue weighted by atomic mass is 9.76. The Morgan fingerprint density at radius 1 is 1.24 bits per heavy atom. The van der Waals surface area contributed by atoms with Crippen molar-refractivity contribution in [3.05, 3.63) is 0 Å². The zero-order valence-corrected chi connectivity index (χ0v) is 13.4. The maximum absolute atomic E-state index is 11.7. The number of ether oxygens (including phenoxy) is 1. The monoisotopic (exact) mass is 293 g/mol. The molecular formula is C16H27N3O2. The quantitative estimate of drug-likeness (QED) is 0.839. The minimum atomic E-state index is -0.327. The maximum atomic E-state index is 11.7. The number of alkyl carbamates (subject to hydrolysis) is 1. The molecule has 5 heteroatoms. The van der Waals surface area contributed by atoms with Crippen LogP contribution in [0.5, 0.6) is 0 Å². The van der Waals surface area contributed by atoms with Crippen molar-refractivity contribution in [3.8, 4) is 6.07 Å². The zero-order valence-electron chi connectivity index (χ0n) is 13.4. The number of carbonyl (C=O) groups is 1. The SMILES string of the molecule is CC(C)(C)NC(=O)OC1CCC(NC2(C#N)CCC2)CC1. The molecule has 5 nitrogen and oxygen atoms in total. The second kappa shape index (κ2) is 6.23. The van der Waals surface area contributed by atoms with Crippen LogP contribution < -0.4 is 10.6 Å². The molecule has 0 bridgehead atoms. The van der Waals surface area contributed by atoms with Crippen LogP contribution in [0.25, 0.3) is 0 Å². The second-order valence-electron chi connectivity index (χ2n) is 7.45. The number of hydrogen-bond donors (Lipinski definition) is 2. The number of rotatable bonds is 3. The normalized spacial score (nSPS) is 28.1. The molecule has 0 aromatic carbocycles. The van der Waals surface area contributed by atoms with E-state index >= 15 is 0 Å². The fourth-order valence-electron chi connectivity index (χ4n) is 3.02. The zero-order chi connectivity index (χ0) is 15.5. The molecule has 21 heavy (non-hydrogen) atoms. The highest BCUT2D eigenvalue weighted by molar-refractivity contribution is 5.68. The van der Waals surface area contributed by atoms with Gasteiger partial charge in [-0.15, -0.1) is 0 Å². The Balaban J connectivity index is 1.71. The van der Waals surface area contributed by atoms with Crippen molar-refractivity contribution in [2.45, 2.75) is 88.9 Å². The molecule has 2 saturated carbocycles. The molecule has 0 aromatic rings. The molecule has 0 atom stereocenters. The van der Waals surface area contributed by atoms with Crippen LogP contribution in [0.4, 0.5) is 4.79 Å². The van der Waals surface area contributed by atoms with Crippen LogP contribution in [0.15, 0.2) is 0 Å². The summed E-state index contributed by atoms with van der Waals surface area (Å²) in [5, 5.41) is 15.6. The standard InChI is InChI=1S/C16H27N3O2/c1-15(2,3)19-14(20)21-13-7-5-12(6-8-13)18-16(11-17)9-4-10-16/h12-13,18H,4-10H2,1-3H3,(H,19,20). The van der Waals surface area contributed by atoms with Crippen LogP contribution in [-0.2, 0) is 4.74 Å². The molecule has 2 rings (SSSR count). The van der Waals surface area contributed by atoms with Gasteiger partial charge in [0, 0.05) is 11.6 Å². The van der Waals surface area contributed by atoms with E-state index < -0.39 is 0 Å². The van der Waals surface area contributed by atoms with Gasteiger partial charge in [-0.25, -0.2) is 4.79 Å². The van der Waals surface area contributed by atoms with Gasteiger partial charge in [0.2, 0.25) is 0 Å². The van der Waals surface area contributed by atoms with E-state index in [0.29, 0.717) is 6.04 Å². The average molecular weight is 293 g/mol. The van der Waals surface area contributed by atoms with E-state index in [0.717, 1.165) is 44.9 Å². The topological polar surface area (TPSA) is 74.2 Å². The summed E-state index contributed by atoms with van der Waals surface area (Å²) >= 11 is 0. The Labute approximate surface area is 127 Å². The Hall–Kier alpha value is -1.28. The third-order valence-electron chi connectivity index (χ3n) is 4.33. The second-order valence-corrected chi connectivity index (χ2v) is 7.45. The van der Waals surface area contributed by atoms with Crippen LogP contribution in [0, 0.1) is 11.3 Å². The van der Waals surface area contributed by atoms with Gasteiger partial charge in [0.25, 0.3) is 0 Å². The van der Waals surface area contributed by atoms with Crippen molar-refractivity contribution >= 4 is 6.09 Å². The van der Waals surface area contributed by atoms with Crippen molar-refractivity contribution in [3.63, 3.8) is 0 Å². The Bertz CT molecular complexity index is 410. The van der Waals surface area contributed by atoms with E-state index in [1.165, 1.54) is 0 Å². The summed E-state index contributed by atoms with van der Waals surface area (Å²) in [6.45, 7) is 5.82. The summed E-state index contributed by atoms with van der Waals surface area (Å²) < 4.78 is 5.47. The van der Waals surface area contributed by atoms with Gasteiger partial charge in [-0.05, 0) is 65.7 Å². The van der Waals surface area contributed by atoms with Gasteiger partial charge in [0.05, 0.1) is 6.07 Å². The predicted octanol–water partition coefficient (Wildman–Crippen LogP) is 2.86. The lowest BCUT2D eigenvalue weighted by molar-refractivity contribution is 0.0592. The molecule has 2 fully saturated rings. The van der Waals surface area contributed by atoms with Gasteiger partial charge in [0.1, 0.15) is 11.6 Å². The van der Waals surface area contributed by atoms with Gasteiger partial charge in [-0.1, -0.05) is 0 Å². The third-order valence-corrected chi connectivity index (χ3v) is 4.33. The fraction of sp³-hybridized carbons (Fsp3) is 0.875. The predicted molar refractivity (Wildman–Crippen MR) is 80.7 cm³/mol. The highest BCUT2D eigenvalue weighted by Crippen LogP contribution is 2.33. The molecule has 2 aliphatic rings. The molecule has 2 N–H and O–H groups in total. The highest BCUT2D eigenvalue weighted by Gasteiger charge is 2.39. The highest BCUT2D eigenvalue weighted by atomic mass is 16.6. The molecule has 118 valence electrons. The van der Waals surface area contributed by atoms with Crippen molar-refractivity contribution in [1.82, 2.24) is 10.6 Å². The number of nitriles is 1. The number of nitrogens with one attached hydrogen (secondary N) is 2. The Morgan fingerprint density at radius 3 is 2.29 bits per heavy atom. The van der Waals surface area contributed by atoms with E-state index in [9.17, 15) is 10.1 Å². The molecule has 0 aliphatic heterocycles. The van der Waals surface area contributed by atoms with E-state index in [1.54, 1.807) is 0 Å². The van der Waals surface area contributed by atoms with Crippen LogP contribution >= 0.6 is 0 Å². The van der Waals surface area contributed by atoms with Crippen molar-refractivity contribution in [1.29, 1.82) is 5.26 Å². The number of nitrogens with zero attached hydrogens (tertiary/aromatic N) is 1. The summed E-state index contributed by atoms with van der Waals surface area (Å²) in [4.78, 5) is 11.7. The molecule has 2 aliphatic carbocycles. The minimum Gasteiger partial charge on any atom is -0.446 e. The fourth-order valence-corrected chi connectivity index (χ4v) is 3.02. The molecular weight excluding hydrogens is 266 g/mol. The van der Waals surface area contributed by atoms with Gasteiger partial charge < -0.3 is 10.1 Å². The molecule has 1 amide bonds. The first kappa shape index (κ1) is 16.1. The first-order valence-corrected chi connectivity index (χ1v) is 8.00.